The van der Waals surface area contributed by atoms with Gasteiger partial charge in [0.05, 0.1) is 16.3 Å². The number of methoxy groups -OCH3 is 1. The van der Waals surface area contributed by atoms with Crippen LogP contribution in [-0.2, 0) is 14.8 Å². The van der Waals surface area contributed by atoms with Crippen molar-refractivity contribution >= 4 is 21.4 Å². The third kappa shape index (κ3) is 3.41. The molecular weight excluding hydrogens is 278 g/mol. The molecule has 1 heterocycles. The third-order valence-corrected chi connectivity index (χ3v) is 4.60. The molecule has 4 N–H and O–H groups in total. The average molecular weight is 299 g/mol. The van der Waals surface area contributed by atoms with Crippen molar-refractivity contribution in [2.45, 2.75) is 17.7 Å². The molecule has 0 saturated carbocycles. The third-order valence-electron chi connectivity index (χ3n) is 3.69. The minimum atomic E-state index is -3.70. The molecule has 0 spiro atoms. The molecule has 7 heteroatoms. The van der Waals surface area contributed by atoms with Crippen molar-refractivity contribution in [3.05, 3.63) is 18.2 Å². The van der Waals surface area contributed by atoms with Crippen molar-refractivity contribution in [2.75, 3.05) is 37.4 Å². The van der Waals surface area contributed by atoms with E-state index < -0.39 is 10.0 Å². The summed E-state index contributed by atoms with van der Waals surface area (Å²) >= 11 is 0. The highest BCUT2D eigenvalue weighted by Gasteiger charge is 2.21. The second-order valence-electron chi connectivity index (χ2n) is 5.15. The summed E-state index contributed by atoms with van der Waals surface area (Å²) in [5, 5.41) is 5.09. The van der Waals surface area contributed by atoms with Gasteiger partial charge in [-0.25, -0.2) is 13.6 Å². The second-order valence-corrected chi connectivity index (χ2v) is 6.71. The van der Waals surface area contributed by atoms with Crippen molar-refractivity contribution in [3.63, 3.8) is 0 Å². The number of ether oxygens (including phenoxy) is 1. The van der Waals surface area contributed by atoms with Gasteiger partial charge in [-0.05, 0) is 37.0 Å². The number of nitrogens with zero attached hydrogens (tertiary/aromatic N) is 1. The molecule has 1 saturated heterocycles. The summed E-state index contributed by atoms with van der Waals surface area (Å²) < 4.78 is 27.7. The molecule has 0 amide bonds. The molecule has 1 aromatic carbocycles. The molecule has 1 aliphatic heterocycles. The van der Waals surface area contributed by atoms with Gasteiger partial charge in [-0.1, -0.05) is 0 Å². The van der Waals surface area contributed by atoms with Crippen molar-refractivity contribution < 1.29 is 13.2 Å². The Morgan fingerprint density at radius 3 is 2.50 bits per heavy atom. The highest BCUT2D eigenvalue weighted by atomic mass is 32.2. The molecule has 1 fully saturated rings. The number of nitrogens with two attached hydrogens (primary N) is 2. The minimum absolute atomic E-state index is 0.0491. The number of sulfonamides is 1. The normalized spacial score (nSPS) is 17.4. The van der Waals surface area contributed by atoms with Crippen LogP contribution < -0.4 is 15.8 Å². The number of primary sulfonamides is 1. The van der Waals surface area contributed by atoms with Crippen molar-refractivity contribution in [3.8, 4) is 0 Å². The fraction of sp³-hybridized carbons (Fsp3) is 0.538. The largest absolute Gasteiger partial charge is 0.397 e. The second kappa shape index (κ2) is 5.99. The Morgan fingerprint density at radius 1 is 1.35 bits per heavy atom. The number of anilines is 2. The highest BCUT2D eigenvalue weighted by Crippen LogP contribution is 2.29. The van der Waals surface area contributed by atoms with Gasteiger partial charge in [0.25, 0.3) is 0 Å². The van der Waals surface area contributed by atoms with E-state index in [-0.39, 0.29) is 4.90 Å². The number of piperidine rings is 1. The summed E-state index contributed by atoms with van der Waals surface area (Å²) in [7, 11) is -1.99. The van der Waals surface area contributed by atoms with Crippen LogP contribution in [0, 0.1) is 5.92 Å². The number of nitrogen functional groups attached to an aromatic ring is 1. The highest BCUT2D eigenvalue weighted by molar-refractivity contribution is 7.89. The fourth-order valence-electron chi connectivity index (χ4n) is 2.57. The van der Waals surface area contributed by atoms with Gasteiger partial charge in [0.1, 0.15) is 0 Å². The van der Waals surface area contributed by atoms with Crippen molar-refractivity contribution in [1.29, 1.82) is 0 Å². The molecule has 112 valence electrons. The molecule has 6 nitrogen and oxygen atoms in total. The predicted molar refractivity (Wildman–Crippen MR) is 79.0 cm³/mol. The lowest BCUT2D eigenvalue weighted by Gasteiger charge is -2.34. The summed E-state index contributed by atoms with van der Waals surface area (Å²) in [6, 6.07) is 4.65. The van der Waals surface area contributed by atoms with Gasteiger partial charge in [-0.15, -0.1) is 0 Å². The first-order valence-electron chi connectivity index (χ1n) is 6.58. The molecule has 0 atom stereocenters. The van der Waals surface area contributed by atoms with Crippen LogP contribution in [-0.4, -0.2) is 35.2 Å². The van der Waals surface area contributed by atoms with Crippen molar-refractivity contribution in [1.82, 2.24) is 0 Å². The monoisotopic (exact) mass is 299 g/mol. The maximum atomic E-state index is 11.3. The summed E-state index contributed by atoms with van der Waals surface area (Å²) in [6.07, 6.45) is 2.09. The lowest BCUT2D eigenvalue weighted by molar-refractivity contribution is 0.139. The SMILES string of the molecule is COCC1CCN(c2ccc(S(N)(=O)=O)cc2N)CC1. The first-order valence-corrected chi connectivity index (χ1v) is 8.12. The number of hydrogen-bond donors (Lipinski definition) is 2. The van der Waals surface area contributed by atoms with Crippen LogP contribution in [0.1, 0.15) is 12.8 Å². The standard InChI is InChI=1S/C13H21N3O3S/c1-19-9-10-4-6-16(7-5-10)13-3-2-11(8-12(13)14)20(15,17)18/h2-3,8,10H,4-7,9,14H2,1H3,(H2,15,17,18). The van der Waals surface area contributed by atoms with Gasteiger partial charge in [0.2, 0.25) is 10.0 Å². The Hall–Kier alpha value is -1.31. The Bertz CT molecular complexity index is 566. The van der Waals surface area contributed by atoms with Crippen LogP contribution in [0.2, 0.25) is 0 Å². The number of hydrogen-bond acceptors (Lipinski definition) is 5. The summed E-state index contributed by atoms with van der Waals surface area (Å²) in [6.45, 7) is 2.58. The molecule has 1 aromatic rings. The fourth-order valence-corrected chi connectivity index (χ4v) is 3.12. The van der Waals surface area contributed by atoms with Gasteiger partial charge in [0, 0.05) is 26.8 Å². The van der Waals surface area contributed by atoms with Crippen LogP contribution in [0.4, 0.5) is 11.4 Å². The summed E-state index contributed by atoms with van der Waals surface area (Å²) in [4.78, 5) is 2.22. The van der Waals surface area contributed by atoms with E-state index in [2.05, 4.69) is 4.90 Å². The van der Waals surface area contributed by atoms with Crippen LogP contribution >= 0.6 is 0 Å². The van der Waals surface area contributed by atoms with E-state index in [0.29, 0.717) is 11.6 Å². The van der Waals surface area contributed by atoms with E-state index >= 15 is 0 Å². The van der Waals surface area contributed by atoms with E-state index in [4.69, 9.17) is 15.6 Å². The van der Waals surface area contributed by atoms with Crippen LogP contribution in [0.25, 0.3) is 0 Å². The van der Waals surface area contributed by atoms with Crippen LogP contribution in [0.5, 0.6) is 0 Å². The van der Waals surface area contributed by atoms with E-state index in [1.807, 2.05) is 0 Å². The predicted octanol–water partition coefficient (Wildman–Crippen LogP) is 0.779. The zero-order valence-corrected chi connectivity index (χ0v) is 12.4. The molecule has 0 bridgehead atoms. The number of rotatable bonds is 4. The van der Waals surface area contributed by atoms with E-state index in [1.54, 1.807) is 13.2 Å². The van der Waals surface area contributed by atoms with Crippen LogP contribution in [0.3, 0.4) is 0 Å². The molecule has 0 aliphatic carbocycles. The maximum absolute atomic E-state index is 11.3. The molecule has 0 radical (unpaired) electrons. The van der Waals surface area contributed by atoms with Gasteiger partial charge in [0.15, 0.2) is 0 Å². The topological polar surface area (TPSA) is 98.6 Å². The van der Waals surface area contributed by atoms with Gasteiger partial charge in [-0.3, -0.25) is 0 Å². The lowest BCUT2D eigenvalue weighted by Crippen LogP contribution is -2.35. The zero-order valence-electron chi connectivity index (χ0n) is 11.6. The molecule has 0 aromatic heterocycles. The van der Waals surface area contributed by atoms with Gasteiger partial charge < -0.3 is 15.4 Å². The zero-order chi connectivity index (χ0) is 14.8. The quantitative estimate of drug-likeness (QED) is 0.800. The Kier molecular flexibility index (Phi) is 4.52. The Morgan fingerprint density at radius 2 is 2.00 bits per heavy atom. The van der Waals surface area contributed by atoms with Crippen LogP contribution in [0.15, 0.2) is 23.1 Å². The smallest absolute Gasteiger partial charge is 0.238 e. The molecule has 20 heavy (non-hydrogen) atoms. The molecule has 1 aliphatic rings. The van der Waals surface area contributed by atoms with E-state index in [0.717, 1.165) is 38.2 Å². The van der Waals surface area contributed by atoms with E-state index in [1.165, 1.54) is 12.1 Å². The average Bonchev–Trinajstić information content (AvgIpc) is 2.39. The summed E-state index contributed by atoms with van der Waals surface area (Å²) in [5.74, 6) is 0.584. The number of benzene rings is 1. The van der Waals surface area contributed by atoms with E-state index in [9.17, 15) is 8.42 Å². The van der Waals surface area contributed by atoms with Gasteiger partial charge >= 0.3 is 0 Å². The summed E-state index contributed by atoms with van der Waals surface area (Å²) in [5.41, 5.74) is 7.27. The van der Waals surface area contributed by atoms with Crippen molar-refractivity contribution in [2.24, 2.45) is 11.1 Å². The maximum Gasteiger partial charge on any atom is 0.238 e. The molecule has 0 unspecified atom stereocenters. The molecular formula is C13H21N3O3S. The Labute approximate surface area is 119 Å². The first-order chi connectivity index (χ1) is 9.41. The first kappa shape index (κ1) is 15.1. The lowest BCUT2D eigenvalue weighted by atomic mass is 9.97. The Balaban J connectivity index is 2.11. The molecule has 2 rings (SSSR count). The van der Waals surface area contributed by atoms with Gasteiger partial charge in [-0.2, -0.15) is 0 Å². The minimum Gasteiger partial charge on any atom is -0.397 e.